The number of carbonyl (C=O) groups excluding carboxylic acids is 5. The largest absolute Gasteiger partial charge is 0.508 e. The van der Waals surface area contributed by atoms with E-state index < -0.39 is 52.7 Å². The second kappa shape index (κ2) is 13.7. The van der Waals surface area contributed by atoms with Gasteiger partial charge in [-0.05, 0) is 79.8 Å². The predicted octanol–water partition coefficient (Wildman–Crippen LogP) is 7.13. The Hall–Kier alpha value is -6.81. The number of carbonyl (C=O) groups is 5. The van der Waals surface area contributed by atoms with Crippen molar-refractivity contribution in [3.8, 4) is 11.5 Å². The Morgan fingerprint density at radius 2 is 1.42 bits per heavy atom. The number of benzene rings is 5. The van der Waals surface area contributed by atoms with Crippen LogP contribution >= 0.6 is 0 Å². The number of hydrogen-bond acceptors (Lipinski definition) is 8. The summed E-state index contributed by atoms with van der Waals surface area (Å²) in [6, 6.07) is 36.7. The van der Waals surface area contributed by atoms with Crippen LogP contribution in [0.3, 0.4) is 0 Å². The molecule has 0 unspecified atom stereocenters. The molecule has 2 aliphatic heterocycles. The summed E-state index contributed by atoms with van der Waals surface area (Å²) >= 11 is 0. The van der Waals surface area contributed by atoms with Crippen molar-refractivity contribution in [3.63, 3.8) is 0 Å². The molecule has 0 bridgehead atoms. The number of fused-ring (bicyclic) bond motifs is 4. The van der Waals surface area contributed by atoms with Gasteiger partial charge < -0.3 is 9.84 Å². The number of methoxy groups -OCH3 is 1. The first-order valence-corrected chi connectivity index (χ1v) is 19.1. The highest BCUT2D eigenvalue weighted by molar-refractivity contribution is 6.23. The molecule has 57 heavy (non-hydrogen) atoms. The summed E-state index contributed by atoms with van der Waals surface area (Å²) in [5, 5.41) is 12.8. The number of rotatable bonds is 8. The molecule has 10 nitrogen and oxygen atoms in total. The van der Waals surface area contributed by atoms with Crippen LogP contribution in [0.15, 0.2) is 139 Å². The normalized spacial score (nSPS) is 25.1. The molecule has 2 aliphatic carbocycles. The molecule has 4 amide bonds. The van der Waals surface area contributed by atoms with E-state index in [4.69, 9.17) is 4.74 Å². The third kappa shape index (κ3) is 5.42. The lowest BCUT2D eigenvalue weighted by Gasteiger charge is -2.50. The fraction of sp³-hybridized carbons (Fsp3) is 0.213. The Morgan fingerprint density at radius 1 is 0.754 bits per heavy atom. The highest BCUT2D eigenvalue weighted by atomic mass is 16.5. The van der Waals surface area contributed by atoms with Crippen molar-refractivity contribution in [2.24, 2.45) is 23.7 Å². The van der Waals surface area contributed by atoms with Gasteiger partial charge in [-0.1, -0.05) is 96.1 Å². The summed E-state index contributed by atoms with van der Waals surface area (Å²) in [5.41, 5.74) is 5.98. The zero-order chi connectivity index (χ0) is 39.6. The molecule has 4 aliphatic rings. The maximum Gasteiger partial charge on any atom is 0.260 e. The average Bonchev–Trinajstić information content (AvgIpc) is 3.62. The number of nitrogens with zero attached hydrogens (tertiary/aromatic N) is 2. The molecule has 0 radical (unpaired) electrons. The van der Waals surface area contributed by atoms with Crippen molar-refractivity contribution in [1.82, 2.24) is 5.01 Å². The third-order valence-corrected chi connectivity index (χ3v) is 12.4. The van der Waals surface area contributed by atoms with E-state index in [1.807, 2.05) is 61.5 Å². The van der Waals surface area contributed by atoms with E-state index in [0.29, 0.717) is 45.0 Å². The van der Waals surface area contributed by atoms with Crippen LogP contribution in [-0.4, -0.2) is 46.6 Å². The summed E-state index contributed by atoms with van der Waals surface area (Å²) < 4.78 is 5.87. The Balaban J connectivity index is 1.17. The van der Waals surface area contributed by atoms with Gasteiger partial charge in [-0.3, -0.25) is 34.3 Å². The van der Waals surface area contributed by atoms with Gasteiger partial charge in [-0.2, -0.15) is 5.01 Å². The van der Waals surface area contributed by atoms with E-state index >= 15 is 4.79 Å². The van der Waals surface area contributed by atoms with Crippen LogP contribution < -0.4 is 15.1 Å². The van der Waals surface area contributed by atoms with Gasteiger partial charge in [0.15, 0.2) is 5.78 Å². The van der Waals surface area contributed by atoms with Crippen molar-refractivity contribution >= 4 is 40.8 Å². The number of aromatic hydroxyl groups is 1. The Bertz CT molecular complexity index is 2480. The van der Waals surface area contributed by atoms with Crippen molar-refractivity contribution in [3.05, 3.63) is 167 Å². The standard InChI is InChI=1S/C47H39N3O7/c1-27-16-20-31(21-17-27)48-50-44(54)36-26-35-33(41(40-37(51)14-9-15-38(40)57-2)47(36,46(50)56)30-12-7-4-8-13-30)24-25-34-39(35)45(55)49(43(34)53)32-22-18-29(19-23-32)42(52)28-10-5-3-6-11-28/h3-24,34-36,39,41,48,51H,25-26H2,1-2H3/t34-,35+,36-,39-,41+,47+/m0/s1. The number of ketones is 1. The molecule has 10 heteroatoms. The van der Waals surface area contributed by atoms with Crippen LogP contribution in [0.25, 0.3) is 0 Å². The molecular weight excluding hydrogens is 719 g/mol. The van der Waals surface area contributed by atoms with Gasteiger partial charge in [0.25, 0.3) is 11.8 Å². The van der Waals surface area contributed by atoms with Gasteiger partial charge in [0.05, 0.1) is 41.7 Å². The van der Waals surface area contributed by atoms with Crippen molar-refractivity contribution < 1.29 is 33.8 Å². The number of amides is 4. The minimum Gasteiger partial charge on any atom is -0.508 e. The van der Waals surface area contributed by atoms with E-state index in [9.17, 15) is 24.3 Å². The maximum absolute atomic E-state index is 15.4. The molecular formula is C47H39N3O7. The highest BCUT2D eigenvalue weighted by Gasteiger charge is 2.71. The van der Waals surface area contributed by atoms with E-state index in [0.717, 1.165) is 10.6 Å². The molecule has 284 valence electrons. The van der Waals surface area contributed by atoms with Crippen LogP contribution in [-0.2, 0) is 24.6 Å². The average molecular weight is 758 g/mol. The molecule has 2 heterocycles. The number of phenolic OH excluding ortho intramolecular Hbond substituents is 1. The quantitative estimate of drug-likeness (QED) is 0.0971. The number of hydrazine groups is 1. The molecule has 9 rings (SSSR count). The monoisotopic (exact) mass is 757 g/mol. The fourth-order valence-corrected chi connectivity index (χ4v) is 9.83. The SMILES string of the molecule is COc1cccc(O)c1[C@H]1C2=CC[C@@H]3C(=O)N(c4ccc(C(=O)c5ccccc5)cc4)C(=O)[C@@H]3[C@@H]2C[C@H]2C(=O)N(Nc3ccc(C)cc3)C(=O)[C@@]12c1ccccc1. The number of aryl methyl sites for hydroxylation is 1. The topological polar surface area (TPSA) is 133 Å². The lowest BCUT2D eigenvalue weighted by atomic mass is 9.49. The molecule has 3 fully saturated rings. The van der Waals surface area contributed by atoms with E-state index in [-0.39, 0.29) is 30.3 Å². The van der Waals surface area contributed by atoms with E-state index in [1.54, 1.807) is 72.8 Å². The van der Waals surface area contributed by atoms with Crippen LogP contribution in [0, 0.1) is 30.6 Å². The molecule has 1 saturated carbocycles. The van der Waals surface area contributed by atoms with E-state index in [1.165, 1.54) is 18.1 Å². The smallest absolute Gasteiger partial charge is 0.260 e. The zero-order valence-electron chi connectivity index (χ0n) is 31.3. The van der Waals surface area contributed by atoms with Crippen LogP contribution in [0.4, 0.5) is 11.4 Å². The number of allylic oxidation sites excluding steroid dienone is 2. The summed E-state index contributed by atoms with van der Waals surface area (Å²) in [7, 11) is 1.49. The molecule has 5 aromatic rings. The van der Waals surface area contributed by atoms with Crippen molar-refractivity contribution in [2.75, 3.05) is 17.4 Å². The van der Waals surface area contributed by atoms with Gasteiger partial charge in [0.2, 0.25) is 11.8 Å². The summed E-state index contributed by atoms with van der Waals surface area (Å²) in [4.78, 5) is 73.7. The van der Waals surface area contributed by atoms with Crippen LogP contribution in [0.2, 0.25) is 0 Å². The zero-order valence-corrected chi connectivity index (χ0v) is 31.3. The number of phenols is 1. The second-order valence-corrected chi connectivity index (χ2v) is 15.2. The summed E-state index contributed by atoms with van der Waals surface area (Å²) in [6.07, 6.45) is 2.24. The lowest BCUT2D eigenvalue weighted by molar-refractivity contribution is -0.138. The molecule has 2 saturated heterocycles. The minimum atomic E-state index is -1.57. The van der Waals surface area contributed by atoms with Gasteiger partial charge in [0, 0.05) is 22.6 Å². The summed E-state index contributed by atoms with van der Waals surface area (Å²) in [6.45, 7) is 1.94. The van der Waals surface area contributed by atoms with Crippen LogP contribution in [0.1, 0.15) is 51.4 Å². The van der Waals surface area contributed by atoms with Crippen molar-refractivity contribution in [1.29, 1.82) is 0 Å². The highest BCUT2D eigenvalue weighted by Crippen LogP contribution is 2.66. The molecule has 0 aromatic heterocycles. The van der Waals surface area contributed by atoms with Gasteiger partial charge in [0.1, 0.15) is 11.5 Å². The van der Waals surface area contributed by atoms with Gasteiger partial charge >= 0.3 is 0 Å². The predicted molar refractivity (Wildman–Crippen MR) is 212 cm³/mol. The molecule has 6 atom stereocenters. The number of nitrogens with one attached hydrogen (secondary N) is 1. The van der Waals surface area contributed by atoms with E-state index in [2.05, 4.69) is 5.43 Å². The number of hydrogen-bond donors (Lipinski definition) is 2. The number of anilines is 2. The second-order valence-electron chi connectivity index (χ2n) is 15.2. The first-order chi connectivity index (χ1) is 27.6. The first kappa shape index (κ1) is 35.9. The molecule has 0 spiro atoms. The number of imide groups is 2. The van der Waals surface area contributed by atoms with Gasteiger partial charge in [-0.25, -0.2) is 0 Å². The molecule has 2 N–H and O–H groups in total. The summed E-state index contributed by atoms with van der Waals surface area (Å²) in [5.74, 6) is -5.90. The lowest BCUT2D eigenvalue weighted by Crippen LogP contribution is -2.53. The molecule has 5 aromatic carbocycles. The Labute approximate surface area is 329 Å². The van der Waals surface area contributed by atoms with Crippen LogP contribution in [0.5, 0.6) is 11.5 Å². The third-order valence-electron chi connectivity index (χ3n) is 12.4. The fourth-order valence-electron chi connectivity index (χ4n) is 9.83. The number of ether oxygens (including phenoxy) is 1. The maximum atomic E-state index is 15.4. The van der Waals surface area contributed by atoms with Crippen molar-refractivity contribution in [2.45, 2.75) is 31.1 Å². The Kier molecular flexibility index (Phi) is 8.64. The Morgan fingerprint density at radius 3 is 2.11 bits per heavy atom. The minimum absolute atomic E-state index is 0.0995. The van der Waals surface area contributed by atoms with Gasteiger partial charge in [-0.15, -0.1) is 0 Å². The first-order valence-electron chi connectivity index (χ1n) is 19.1.